The third-order valence-corrected chi connectivity index (χ3v) is 3.40. The number of carbonyl (C=O) groups is 2. The fourth-order valence-electron chi connectivity index (χ4n) is 1.81. The van der Waals surface area contributed by atoms with E-state index in [1.165, 1.54) is 12.1 Å². The number of rotatable bonds is 5. The molecule has 0 fully saturated rings. The van der Waals surface area contributed by atoms with Gasteiger partial charge >= 0.3 is 5.97 Å². The summed E-state index contributed by atoms with van der Waals surface area (Å²) in [6.07, 6.45) is 0. The Kier molecular flexibility index (Phi) is 5.48. The lowest BCUT2D eigenvalue weighted by atomic mass is 10.2. The van der Waals surface area contributed by atoms with Crippen LogP contribution in [0.15, 0.2) is 46.9 Å². The Morgan fingerprint density at radius 1 is 1.25 bits per heavy atom. The average molecular weight is 394 g/mol. The number of nitrogens with zero attached hydrogens (tertiary/aromatic N) is 1. The quantitative estimate of drug-likeness (QED) is 0.348. The summed E-state index contributed by atoms with van der Waals surface area (Å²) in [6.45, 7) is -0.524. The third kappa shape index (κ3) is 4.53. The Morgan fingerprint density at radius 3 is 2.67 bits per heavy atom. The number of hydrogen-bond donors (Lipinski definition) is 2. The van der Waals surface area contributed by atoms with Gasteiger partial charge in [-0.25, -0.2) is 4.79 Å². The Hall–Kier alpha value is -2.94. The van der Waals surface area contributed by atoms with Crippen molar-refractivity contribution in [2.75, 3.05) is 17.7 Å². The van der Waals surface area contributed by atoms with Crippen LogP contribution in [-0.4, -0.2) is 23.4 Å². The zero-order chi connectivity index (χ0) is 17.7. The van der Waals surface area contributed by atoms with Crippen LogP contribution in [0, 0.1) is 10.1 Å². The molecule has 8 nitrogen and oxygen atoms in total. The van der Waals surface area contributed by atoms with Crippen LogP contribution in [0.3, 0.4) is 0 Å². The van der Waals surface area contributed by atoms with Crippen molar-refractivity contribution < 1.29 is 19.2 Å². The van der Waals surface area contributed by atoms with Crippen LogP contribution >= 0.6 is 15.9 Å². The van der Waals surface area contributed by atoms with E-state index in [1.54, 1.807) is 24.3 Å². The number of hydrogen-bond acceptors (Lipinski definition) is 6. The van der Waals surface area contributed by atoms with Crippen LogP contribution in [0.4, 0.5) is 17.1 Å². The van der Waals surface area contributed by atoms with Gasteiger partial charge < -0.3 is 15.8 Å². The number of nitrogens with one attached hydrogen (secondary N) is 1. The summed E-state index contributed by atoms with van der Waals surface area (Å²) >= 11 is 3.27. The molecule has 0 aromatic heterocycles. The minimum Gasteiger partial charge on any atom is -0.452 e. The van der Waals surface area contributed by atoms with Crippen molar-refractivity contribution in [3.05, 3.63) is 62.6 Å². The number of nitro groups is 1. The fourth-order valence-corrected chi connectivity index (χ4v) is 2.21. The number of anilines is 2. The van der Waals surface area contributed by atoms with Gasteiger partial charge in [0.15, 0.2) is 6.61 Å². The summed E-state index contributed by atoms with van der Waals surface area (Å²) in [5.41, 5.74) is 5.46. The van der Waals surface area contributed by atoms with Gasteiger partial charge in [0.25, 0.3) is 11.6 Å². The predicted octanol–water partition coefficient (Wildman–Crippen LogP) is 2.74. The number of benzene rings is 2. The molecule has 3 N–H and O–H groups in total. The van der Waals surface area contributed by atoms with E-state index in [9.17, 15) is 19.7 Å². The van der Waals surface area contributed by atoms with Gasteiger partial charge in [0, 0.05) is 16.2 Å². The van der Waals surface area contributed by atoms with E-state index >= 15 is 0 Å². The zero-order valence-electron chi connectivity index (χ0n) is 12.2. The van der Waals surface area contributed by atoms with Crippen LogP contribution in [0.2, 0.25) is 0 Å². The molecule has 0 spiro atoms. The van der Waals surface area contributed by atoms with E-state index in [1.807, 2.05) is 0 Å². The van der Waals surface area contributed by atoms with E-state index in [0.29, 0.717) is 5.69 Å². The first-order valence-electron chi connectivity index (χ1n) is 6.63. The monoisotopic (exact) mass is 393 g/mol. The molecule has 0 saturated heterocycles. The summed E-state index contributed by atoms with van der Waals surface area (Å²) in [4.78, 5) is 33.7. The normalized spacial score (nSPS) is 10.0. The molecule has 0 aliphatic carbocycles. The smallest absolute Gasteiger partial charge is 0.338 e. The molecule has 0 bridgehead atoms. The molecule has 0 heterocycles. The molecule has 2 rings (SSSR count). The molecule has 9 heteroatoms. The average Bonchev–Trinajstić information content (AvgIpc) is 2.52. The highest BCUT2D eigenvalue weighted by atomic mass is 79.9. The maximum Gasteiger partial charge on any atom is 0.338 e. The number of esters is 1. The van der Waals surface area contributed by atoms with Crippen molar-refractivity contribution in [2.45, 2.75) is 0 Å². The van der Waals surface area contributed by atoms with E-state index in [2.05, 4.69) is 21.2 Å². The van der Waals surface area contributed by atoms with Crippen LogP contribution in [0.5, 0.6) is 0 Å². The first-order valence-corrected chi connectivity index (χ1v) is 7.42. The summed E-state index contributed by atoms with van der Waals surface area (Å²) in [6, 6.07) is 10.4. The lowest BCUT2D eigenvalue weighted by Crippen LogP contribution is -2.21. The van der Waals surface area contributed by atoms with Crippen molar-refractivity contribution in [3.8, 4) is 0 Å². The zero-order valence-corrected chi connectivity index (χ0v) is 13.8. The van der Waals surface area contributed by atoms with Crippen molar-refractivity contribution in [1.82, 2.24) is 0 Å². The Labute approximate surface area is 144 Å². The number of ether oxygens (including phenoxy) is 1. The number of carbonyl (C=O) groups excluding carboxylic acids is 2. The lowest BCUT2D eigenvalue weighted by molar-refractivity contribution is -0.383. The second-order valence-electron chi connectivity index (χ2n) is 4.67. The topological polar surface area (TPSA) is 125 Å². The molecule has 2 aromatic rings. The summed E-state index contributed by atoms with van der Waals surface area (Å²) < 4.78 is 5.62. The molecular formula is C15H12BrN3O5. The molecule has 0 radical (unpaired) electrons. The molecule has 124 valence electrons. The first-order chi connectivity index (χ1) is 11.4. The largest absolute Gasteiger partial charge is 0.452 e. The molecule has 0 atom stereocenters. The molecule has 0 aliphatic rings. The second kappa shape index (κ2) is 7.55. The highest BCUT2D eigenvalue weighted by Gasteiger charge is 2.17. The Morgan fingerprint density at radius 2 is 2.00 bits per heavy atom. The van der Waals surface area contributed by atoms with E-state index < -0.39 is 29.1 Å². The Bertz CT molecular complexity index is 809. The van der Waals surface area contributed by atoms with Crippen LogP contribution < -0.4 is 11.1 Å². The summed E-state index contributed by atoms with van der Waals surface area (Å²) in [5.74, 6) is -1.39. The Balaban J connectivity index is 1.96. The molecule has 2 aromatic carbocycles. The van der Waals surface area contributed by atoms with Gasteiger partial charge in [-0.05, 0) is 30.3 Å². The fraction of sp³-hybridized carbons (Fsp3) is 0.0667. The van der Waals surface area contributed by atoms with Gasteiger partial charge in [-0.3, -0.25) is 14.9 Å². The van der Waals surface area contributed by atoms with Gasteiger partial charge in [0.1, 0.15) is 5.69 Å². The van der Waals surface area contributed by atoms with Gasteiger partial charge in [-0.2, -0.15) is 0 Å². The van der Waals surface area contributed by atoms with Crippen molar-refractivity contribution >= 4 is 44.9 Å². The van der Waals surface area contributed by atoms with Crippen molar-refractivity contribution in [3.63, 3.8) is 0 Å². The molecule has 0 saturated carbocycles. The highest BCUT2D eigenvalue weighted by molar-refractivity contribution is 9.10. The summed E-state index contributed by atoms with van der Waals surface area (Å²) in [7, 11) is 0. The number of halogens is 1. The predicted molar refractivity (Wildman–Crippen MR) is 90.6 cm³/mol. The van der Waals surface area contributed by atoms with Gasteiger partial charge in [0.2, 0.25) is 0 Å². The molecular weight excluding hydrogens is 382 g/mol. The maximum absolute atomic E-state index is 11.9. The lowest BCUT2D eigenvalue weighted by Gasteiger charge is -2.07. The van der Waals surface area contributed by atoms with E-state index in [-0.39, 0.29) is 11.3 Å². The van der Waals surface area contributed by atoms with Gasteiger partial charge in [-0.1, -0.05) is 22.0 Å². The van der Waals surface area contributed by atoms with Crippen LogP contribution in [0.25, 0.3) is 0 Å². The molecule has 0 unspecified atom stereocenters. The number of nitro benzene ring substituents is 1. The number of nitrogen functional groups attached to an aromatic ring is 1. The highest BCUT2D eigenvalue weighted by Crippen LogP contribution is 2.22. The molecule has 1 amide bonds. The van der Waals surface area contributed by atoms with Crippen molar-refractivity contribution in [2.24, 2.45) is 0 Å². The molecule has 0 aliphatic heterocycles. The van der Waals surface area contributed by atoms with Crippen molar-refractivity contribution in [1.29, 1.82) is 0 Å². The number of amides is 1. The standard InChI is InChI=1S/C15H12BrN3O5/c16-10-2-1-3-11(7-10)18-14(20)8-24-15(21)9-4-5-12(17)13(6-9)19(22)23/h1-7H,8,17H2,(H,18,20). The number of nitrogens with two attached hydrogens (primary N) is 1. The molecule has 24 heavy (non-hydrogen) atoms. The van der Waals surface area contributed by atoms with Crippen LogP contribution in [0.1, 0.15) is 10.4 Å². The van der Waals surface area contributed by atoms with Crippen LogP contribution in [-0.2, 0) is 9.53 Å². The third-order valence-electron chi connectivity index (χ3n) is 2.91. The second-order valence-corrected chi connectivity index (χ2v) is 5.58. The summed E-state index contributed by atoms with van der Waals surface area (Å²) in [5, 5.41) is 13.4. The van der Waals surface area contributed by atoms with Gasteiger partial charge in [0.05, 0.1) is 10.5 Å². The van der Waals surface area contributed by atoms with E-state index in [0.717, 1.165) is 10.5 Å². The first kappa shape index (κ1) is 17.4. The SMILES string of the molecule is Nc1ccc(C(=O)OCC(=O)Nc2cccc(Br)c2)cc1[N+](=O)[O-]. The van der Waals surface area contributed by atoms with E-state index in [4.69, 9.17) is 10.5 Å². The minimum atomic E-state index is -0.859. The minimum absolute atomic E-state index is 0.0637. The maximum atomic E-state index is 11.9. The van der Waals surface area contributed by atoms with Gasteiger partial charge in [-0.15, -0.1) is 0 Å².